The van der Waals surface area contributed by atoms with E-state index in [1.165, 1.54) is 18.7 Å². The molecule has 0 atom stereocenters. The summed E-state index contributed by atoms with van der Waals surface area (Å²) >= 11 is 13.5. The van der Waals surface area contributed by atoms with Gasteiger partial charge in [0.25, 0.3) is 5.56 Å². The summed E-state index contributed by atoms with van der Waals surface area (Å²) in [4.78, 5) is 48.8. The number of carbonyl (C=O) groups is 1. The second-order valence-electron chi connectivity index (χ2n) is 7.89. The van der Waals surface area contributed by atoms with Gasteiger partial charge in [0, 0.05) is 13.6 Å². The third-order valence-corrected chi connectivity index (χ3v) is 6.94. The fourth-order valence-electron chi connectivity index (χ4n) is 3.41. The summed E-state index contributed by atoms with van der Waals surface area (Å²) in [6, 6.07) is 0. The number of aryl methyl sites for hydroxylation is 1. The molecule has 3 aromatic rings. The summed E-state index contributed by atoms with van der Waals surface area (Å²) in [5.74, 6) is 0.590. The zero-order chi connectivity index (χ0) is 25.3. The number of aliphatic hydroxyl groups excluding tert-OH is 1. The molecule has 0 fully saturated rings. The average molecular weight is 534 g/mol. The van der Waals surface area contributed by atoms with Crippen molar-refractivity contribution in [2.45, 2.75) is 33.9 Å². The Hall–Kier alpha value is -2.38. The lowest BCUT2D eigenvalue weighted by molar-refractivity contribution is -0.105. The summed E-state index contributed by atoms with van der Waals surface area (Å²) in [5, 5.41) is 10.4. The van der Waals surface area contributed by atoms with Gasteiger partial charge in [-0.1, -0.05) is 37.0 Å². The first-order valence-corrected chi connectivity index (χ1v) is 11.9. The van der Waals surface area contributed by atoms with Gasteiger partial charge in [-0.25, -0.2) is 14.6 Å². The van der Waals surface area contributed by atoms with Gasteiger partial charge in [0.1, 0.15) is 21.2 Å². The van der Waals surface area contributed by atoms with Crippen molar-refractivity contribution < 1.29 is 19.5 Å². The van der Waals surface area contributed by atoms with Crippen LogP contribution in [0.25, 0.3) is 10.2 Å². The van der Waals surface area contributed by atoms with Crippen molar-refractivity contribution in [2.75, 3.05) is 20.3 Å². The van der Waals surface area contributed by atoms with Crippen LogP contribution in [-0.2, 0) is 25.0 Å². The van der Waals surface area contributed by atoms with Gasteiger partial charge in [-0.2, -0.15) is 5.06 Å². The number of ether oxygens (including phenoxy) is 1. The predicted molar refractivity (Wildman–Crippen MR) is 129 cm³/mol. The van der Waals surface area contributed by atoms with E-state index in [4.69, 9.17) is 32.8 Å². The summed E-state index contributed by atoms with van der Waals surface area (Å²) in [5.41, 5.74) is -1.08. The molecular weight excluding hydrogens is 509 g/mol. The van der Waals surface area contributed by atoms with Crippen LogP contribution in [0.1, 0.15) is 24.5 Å². The van der Waals surface area contributed by atoms with E-state index < -0.39 is 17.3 Å². The van der Waals surface area contributed by atoms with E-state index in [0.29, 0.717) is 22.1 Å². The second-order valence-corrected chi connectivity index (χ2v) is 9.69. The lowest BCUT2D eigenvalue weighted by Crippen LogP contribution is -2.39. The lowest BCUT2D eigenvalue weighted by Gasteiger charge is -2.18. The SMILES string of the molecule is CON(CCO)C(=O)Oc1c(Cn2c(C)nc(Cl)c2Cl)sc2c1c(=O)n(C)c(=O)n2CC(C)C. The van der Waals surface area contributed by atoms with E-state index in [1.807, 2.05) is 13.8 Å². The van der Waals surface area contributed by atoms with Gasteiger partial charge in [0.15, 0.2) is 10.9 Å². The number of amides is 1. The minimum Gasteiger partial charge on any atom is -0.406 e. The van der Waals surface area contributed by atoms with Gasteiger partial charge in [-0.15, -0.1) is 11.3 Å². The van der Waals surface area contributed by atoms with Gasteiger partial charge in [0.05, 0.1) is 31.7 Å². The van der Waals surface area contributed by atoms with Crippen LogP contribution in [0.5, 0.6) is 5.75 Å². The number of hydrogen-bond acceptors (Lipinski definition) is 8. The third kappa shape index (κ3) is 4.86. The summed E-state index contributed by atoms with van der Waals surface area (Å²) in [6.45, 7) is 5.52. The number of hydroxylamine groups is 2. The van der Waals surface area contributed by atoms with Gasteiger partial charge in [-0.05, 0) is 12.8 Å². The molecule has 0 saturated heterocycles. The highest BCUT2D eigenvalue weighted by atomic mass is 35.5. The topological polar surface area (TPSA) is 121 Å². The molecule has 0 aliphatic rings. The quantitative estimate of drug-likeness (QED) is 0.441. The number of carbonyl (C=O) groups excluding carboxylic acids is 1. The molecular formula is C20H25Cl2N5O6S. The van der Waals surface area contributed by atoms with Crippen LogP contribution in [-0.4, -0.2) is 55.2 Å². The Bertz CT molecular complexity index is 1340. The minimum absolute atomic E-state index is 0.0246. The van der Waals surface area contributed by atoms with Gasteiger partial charge < -0.3 is 14.4 Å². The molecule has 0 radical (unpaired) electrons. The fraction of sp³-hybridized carbons (Fsp3) is 0.500. The first-order valence-electron chi connectivity index (χ1n) is 10.3. The molecule has 1 N–H and O–H groups in total. The Balaban J connectivity index is 2.29. The smallest absolute Gasteiger partial charge is 0.406 e. The molecule has 3 rings (SSSR count). The van der Waals surface area contributed by atoms with E-state index in [9.17, 15) is 19.5 Å². The van der Waals surface area contributed by atoms with Crippen molar-refractivity contribution in [3.8, 4) is 5.75 Å². The molecule has 3 aromatic heterocycles. The van der Waals surface area contributed by atoms with Crippen LogP contribution in [0.3, 0.4) is 0 Å². The number of halogens is 2. The number of nitrogens with zero attached hydrogens (tertiary/aromatic N) is 5. The maximum absolute atomic E-state index is 13.2. The Kier molecular flexibility index (Phi) is 8.09. The third-order valence-electron chi connectivity index (χ3n) is 5.02. The standard InChI is InChI=1S/C20H25Cl2N5O6S/c1-10(2)8-26-18-13(17(29)24(4)19(26)30)14(33-20(31)27(32-5)6-7-28)12(34-18)9-25-11(3)23-15(21)16(25)22/h10,28H,6-9H2,1-5H3. The highest BCUT2D eigenvalue weighted by Gasteiger charge is 2.27. The van der Waals surface area contributed by atoms with Crippen LogP contribution in [0, 0.1) is 12.8 Å². The van der Waals surface area contributed by atoms with Gasteiger partial charge in [0.2, 0.25) is 0 Å². The Morgan fingerprint density at radius 3 is 2.47 bits per heavy atom. The number of fused-ring (bicyclic) bond motifs is 1. The van der Waals surface area contributed by atoms with Crippen molar-refractivity contribution in [2.24, 2.45) is 13.0 Å². The number of rotatable bonds is 8. The molecule has 0 saturated carbocycles. The van der Waals surface area contributed by atoms with E-state index in [1.54, 1.807) is 11.5 Å². The Morgan fingerprint density at radius 2 is 1.94 bits per heavy atom. The molecule has 0 unspecified atom stereocenters. The Labute approximate surface area is 208 Å². The fourth-order valence-corrected chi connectivity index (χ4v) is 5.06. The molecule has 11 nitrogen and oxygen atoms in total. The van der Waals surface area contributed by atoms with E-state index >= 15 is 0 Å². The average Bonchev–Trinajstić information content (AvgIpc) is 3.25. The van der Waals surface area contributed by atoms with Crippen molar-refractivity contribution in [1.29, 1.82) is 0 Å². The second kappa shape index (κ2) is 10.5. The number of hydrogen-bond donors (Lipinski definition) is 1. The maximum atomic E-state index is 13.2. The molecule has 0 aliphatic heterocycles. The van der Waals surface area contributed by atoms with Crippen molar-refractivity contribution in [3.63, 3.8) is 0 Å². The molecule has 0 aliphatic carbocycles. The molecule has 14 heteroatoms. The summed E-state index contributed by atoms with van der Waals surface area (Å²) in [7, 11) is 2.62. The zero-order valence-electron chi connectivity index (χ0n) is 19.3. The van der Waals surface area contributed by atoms with Crippen LogP contribution < -0.4 is 16.0 Å². The minimum atomic E-state index is -0.937. The number of aliphatic hydroxyl groups is 1. The molecule has 0 spiro atoms. The van der Waals surface area contributed by atoms with E-state index in [2.05, 4.69) is 4.98 Å². The molecule has 1 amide bonds. The first-order chi connectivity index (χ1) is 16.0. The van der Waals surface area contributed by atoms with Crippen LogP contribution in [0.15, 0.2) is 9.59 Å². The number of imidazole rings is 1. The van der Waals surface area contributed by atoms with Crippen LogP contribution in [0.2, 0.25) is 10.3 Å². The van der Waals surface area contributed by atoms with Crippen LogP contribution in [0.4, 0.5) is 4.79 Å². The van der Waals surface area contributed by atoms with E-state index in [-0.39, 0.29) is 47.1 Å². The number of aromatic nitrogens is 4. The lowest BCUT2D eigenvalue weighted by atomic mass is 10.2. The monoisotopic (exact) mass is 533 g/mol. The Morgan fingerprint density at radius 1 is 1.26 bits per heavy atom. The molecule has 186 valence electrons. The van der Waals surface area contributed by atoms with Gasteiger partial charge >= 0.3 is 11.8 Å². The molecule has 0 bridgehead atoms. The maximum Gasteiger partial charge on any atom is 0.439 e. The van der Waals surface area contributed by atoms with Crippen molar-refractivity contribution in [3.05, 3.63) is 41.8 Å². The van der Waals surface area contributed by atoms with Crippen LogP contribution >= 0.6 is 34.5 Å². The summed E-state index contributed by atoms with van der Waals surface area (Å²) in [6.07, 6.45) is -0.937. The normalized spacial score (nSPS) is 11.6. The van der Waals surface area contributed by atoms with Crippen molar-refractivity contribution in [1.82, 2.24) is 23.7 Å². The number of thiophene rings is 1. The van der Waals surface area contributed by atoms with Crippen molar-refractivity contribution >= 4 is 50.8 Å². The van der Waals surface area contributed by atoms with Gasteiger partial charge in [-0.3, -0.25) is 18.8 Å². The predicted octanol–water partition coefficient (Wildman–Crippen LogP) is 2.63. The highest BCUT2D eigenvalue weighted by molar-refractivity contribution is 7.19. The largest absolute Gasteiger partial charge is 0.439 e. The zero-order valence-corrected chi connectivity index (χ0v) is 21.6. The first kappa shape index (κ1) is 26.2. The molecule has 0 aromatic carbocycles. The molecule has 34 heavy (non-hydrogen) atoms. The highest BCUT2D eigenvalue weighted by Crippen LogP contribution is 2.38. The molecule has 3 heterocycles. The van der Waals surface area contributed by atoms with E-state index in [0.717, 1.165) is 21.0 Å². The summed E-state index contributed by atoms with van der Waals surface area (Å²) < 4.78 is 9.69.